The topological polar surface area (TPSA) is 38.3 Å². The SMILES string of the molecule is COc1ccccc1SCC(=O)Nc1ccccc1C(F)(F)F. The molecule has 0 radical (unpaired) electrons. The third-order valence-electron chi connectivity index (χ3n) is 2.93. The van der Waals surface area contributed by atoms with Crippen molar-refractivity contribution < 1.29 is 22.7 Å². The Morgan fingerprint density at radius 1 is 1.13 bits per heavy atom. The number of halogens is 3. The predicted molar refractivity (Wildman–Crippen MR) is 83.8 cm³/mol. The largest absolute Gasteiger partial charge is 0.496 e. The first-order valence-corrected chi connectivity index (χ1v) is 7.62. The highest BCUT2D eigenvalue weighted by Gasteiger charge is 2.33. The maximum absolute atomic E-state index is 12.9. The number of carbonyl (C=O) groups is 1. The van der Waals surface area contributed by atoms with Crippen molar-refractivity contribution in [3.63, 3.8) is 0 Å². The second kappa shape index (κ2) is 7.41. The van der Waals surface area contributed by atoms with E-state index >= 15 is 0 Å². The van der Waals surface area contributed by atoms with E-state index in [1.54, 1.807) is 24.3 Å². The molecule has 2 aromatic rings. The van der Waals surface area contributed by atoms with Crippen molar-refractivity contribution in [2.45, 2.75) is 11.1 Å². The third-order valence-corrected chi connectivity index (χ3v) is 3.99. The van der Waals surface area contributed by atoms with Crippen LogP contribution in [0.25, 0.3) is 0 Å². The molecule has 3 nitrogen and oxygen atoms in total. The number of para-hydroxylation sites is 2. The molecule has 0 saturated carbocycles. The van der Waals surface area contributed by atoms with Crippen molar-refractivity contribution in [3.05, 3.63) is 54.1 Å². The Bertz CT molecular complexity index is 689. The van der Waals surface area contributed by atoms with Gasteiger partial charge in [0.2, 0.25) is 5.91 Å². The lowest BCUT2D eigenvalue weighted by Crippen LogP contribution is -2.18. The summed E-state index contributed by atoms with van der Waals surface area (Å²) >= 11 is 1.19. The first-order chi connectivity index (χ1) is 10.9. The molecular formula is C16H14F3NO2S. The number of benzene rings is 2. The molecular weight excluding hydrogens is 327 g/mol. The Hall–Kier alpha value is -2.15. The quantitative estimate of drug-likeness (QED) is 0.817. The Balaban J connectivity index is 2.04. The van der Waals surface area contributed by atoms with Gasteiger partial charge in [0.05, 0.1) is 24.1 Å². The van der Waals surface area contributed by atoms with Crippen LogP contribution in [0.15, 0.2) is 53.4 Å². The Labute approximate surface area is 135 Å². The molecule has 0 unspecified atom stereocenters. The van der Waals surface area contributed by atoms with Crippen molar-refractivity contribution in [2.24, 2.45) is 0 Å². The molecule has 1 N–H and O–H groups in total. The lowest BCUT2D eigenvalue weighted by atomic mass is 10.1. The summed E-state index contributed by atoms with van der Waals surface area (Å²) in [6.07, 6.45) is -4.51. The van der Waals surface area contributed by atoms with Crippen LogP contribution in [0, 0.1) is 0 Å². The minimum Gasteiger partial charge on any atom is -0.496 e. The van der Waals surface area contributed by atoms with E-state index in [-0.39, 0.29) is 11.4 Å². The van der Waals surface area contributed by atoms with Crippen molar-refractivity contribution in [3.8, 4) is 5.75 Å². The summed E-state index contributed by atoms with van der Waals surface area (Å²) in [6, 6.07) is 12.0. The molecule has 2 rings (SSSR count). The zero-order valence-electron chi connectivity index (χ0n) is 12.2. The van der Waals surface area contributed by atoms with E-state index < -0.39 is 17.6 Å². The molecule has 23 heavy (non-hydrogen) atoms. The van der Waals surface area contributed by atoms with Crippen molar-refractivity contribution >= 4 is 23.4 Å². The van der Waals surface area contributed by atoms with Crippen molar-refractivity contribution in [2.75, 3.05) is 18.2 Å². The molecule has 2 aromatic carbocycles. The van der Waals surface area contributed by atoms with Gasteiger partial charge in [-0.25, -0.2) is 0 Å². The van der Waals surface area contributed by atoms with Crippen molar-refractivity contribution in [1.29, 1.82) is 0 Å². The molecule has 0 aromatic heterocycles. The van der Waals surface area contributed by atoms with Crippen LogP contribution in [-0.4, -0.2) is 18.8 Å². The molecule has 0 saturated heterocycles. The average molecular weight is 341 g/mol. The minimum atomic E-state index is -4.51. The van der Waals surface area contributed by atoms with Gasteiger partial charge in [-0.3, -0.25) is 4.79 Å². The maximum atomic E-state index is 12.9. The first kappa shape index (κ1) is 17.2. The van der Waals surface area contributed by atoms with Gasteiger partial charge in [-0.05, 0) is 24.3 Å². The number of alkyl halides is 3. The molecule has 122 valence electrons. The summed E-state index contributed by atoms with van der Waals surface area (Å²) in [7, 11) is 1.51. The fraction of sp³-hybridized carbons (Fsp3) is 0.188. The number of carbonyl (C=O) groups excluding carboxylic acids is 1. The summed E-state index contributed by atoms with van der Waals surface area (Å²) in [5, 5.41) is 2.30. The molecule has 1 amide bonds. The molecule has 0 spiro atoms. The van der Waals surface area contributed by atoms with Gasteiger partial charge < -0.3 is 10.1 Å². The molecule has 0 heterocycles. The zero-order valence-corrected chi connectivity index (χ0v) is 13.0. The fourth-order valence-electron chi connectivity index (χ4n) is 1.91. The number of thioether (sulfide) groups is 1. The van der Waals surface area contributed by atoms with E-state index in [9.17, 15) is 18.0 Å². The number of hydrogen-bond donors (Lipinski definition) is 1. The summed E-state index contributed by atoms with van der Waals surface area (Å²) in [6.45, 7) is 0. The molecule has 0 fully saturated rings. The van der Waals surface area contributed by atoms with E-state index in [2.05, 4.69) is 5.32 Å². The number of hydrogen-bond acceptors (Lipinski definition) is 3. The molecule has 0 aliphatic rings. The van der Waals surface area contributed by atoms with Crippen molar-refractivity contribution in [1.82, 2.24) is 0 Å². The van der Waals surface area contributed by atoms with E-state index in [1.165, 1.54) is 37.1 Å². The van der Waals surface area contributed by atoms with Gasteiger partial charge in [-0.15, -0.1) is 11.8 Å². The van der Waals surface area contributed by atoms with Crippen LogP contribution in [0.1, 0.15) is 5.56 Å². The predicted octanol–water partition coefficient (Wildman–Crippen LogP) is 4.44. The Morgan fingerprint density at radius 2 is 1.78 bits per heavy atom. The number of anilines is 1. The number of methoxy groups -OCH3 is 1. The van der Waals surface area contributed by atoms with E-state index in [4.69, 9.17) is 4.74 Å². The summed E-state index contributed by atoms with van der Waals surface area (Å²) in [4.78, 5) is 12.7. The van der Waals surface area contributed by atoms with Gasteiger partial charge in [0.1, 0.15) is 5.75 Å². The second-order valence-electron chi connectivity index (χ2n) is 4.53. The summed E-state index contributed by atoms with van der Waals surface area (Å²) in [5.41, 5.74) is -1.11. The van der Waals surface area contributed by atoms with Gasteiger partial charge in [-0.1, -0.05) is 24.3 Å². The van der Waals surface area contributed by atoms with Gasteiger partial charge in [0, 0.05) is 4.90 Å². The number of rotatable bonds is 5. The van der Waals surface area contributed by atoms with Crippen LogP contribution in [0.3, 0.4) is 0 Å². The lowest BCUT2D eigenvalue weighted by Gasteiger charge is -2.13. The van der Waals surface area contributed by atoms with Crippen LogP contribution in [0.5, 0.6) is 5.75 Å². The second-order valence-corrected chi connectivity index (χ2v) is 5.55. The maximum Gasteiger partial charge on any atom is 0.418 e. The lowest BCUT2D eigenvalue weighted by molar-refractivity contribution is -0.137. The van der Waals surface area contributed by atoms with Gasteiger partial charge in [0.15, 0.2) is 0 Å². The number of amides is 1. The normalized spacial score (nSPS) is 11.1. The highest BCUT2D eigenvalue weighted by molar-refractivity contribution is 8.00. The van der Waals surface area contributed by atoms with Crippen LogP contribution < -0.4 is 10.1 Å². The van der Waals surface area contributed by atoms with Gasteiger partial charge in [0.25, 0.3) is 0 Å². The van der Waals surface area contributed by atoms with Crippen LogP contribution >= 0.6 is 11.8 Å². The molecule has 7 heteroatoms. The average Bonchev–Trinajstić information content (AvgIpc) is 2.52. The van der Waals surface area contributed by atoms with Crippen LogP contribution in [0.4, 0.5) is 18.9 Å². The van der Waals surface area contributed by atoms with Gasteiger partial charge >= 0.3 is 6.18 Å². The molecule has 0 aliphatic carbocycles. The first-order valence-electron chi connectivity index (χ1n) is 6.63. The monoisotopic (exact) mass is 341 g/mol. The van der Waals surface area contributed by atoms with Crippen LogP contribution in [-0.2, 0) is 11.0 Å². The van der Waals surface area contributed by atoms with E-state index in [1.807, 2.05) is 0 Å². The summed E-state index contributed by atoms with van der Waals surface area (Å²) < 4.78 is 43.8. The smallest absolute Gasteiger partial charge is 0.418 e. The van der Waals surface area contributed by atoms with Gasteiger partial charge in [-0.2, -0.15) is 13.2 Å². The Morgan fingerprint density at radius 3 is 2.48 bits per heavy atom. The highest BCUT2D eigenvalue weighted by Crippen LogP contribution is 2.35. The molecule has 0 bridgehead atoms. The highest BCUT2D eigenvalue weighted by atomic mass is 32.2. The summed E-state index contributed by atoms with van der Waals surface area (Å²) in [5.74, 6) is 0.0747. The third kappa shape index (κ3) is 4.66. The van der Waals surface area contributed by atoms with E-state index in [0.717, 1.165) is 11.0 Å². The fourth-order valence-corrected chi connectivity index (χ4v) is 2.73. The molecule has 0 aliphatic heterocycles. The minimum absolute atomic E-state index is 0.0213. The Kier molecular flexibility index (Phi) is 5.54. The standard InChI is InChI=1S/C16H14F3NO2S/c1-22-13-8-4-5-9-14(13)23-10-15(21)20-12-7-3-2-6-11(12)16(17,18)19/h2-9H,10H2,1H3,(H,20,21). The van der Waals surface area contributed by atoms with E-state index in [0.29, 0.717) is 5.75 Å². The molecule has 0 atom stereocenters. The number of nitrogens with one attached hydrogen (secondary N) is 1. The van der Waals surface area contributed by atoms with Crippen LogP contribution in [0.2, 0.25) is 0 Å². The number of ether oxygens (including phenoxy) is 1. The zero-order chi connectivity index (χ0) is 16.9.